The number of nitrogens with zero attached hydrogens (tertiary/aromatic N) is 1. The van der Waals surface area contributed by atoms with Gasteiger partial charge in [-0.1, -0.05) is 262 Å². The molecule has 9 nitrogen and oxygen atoms in total. The van der Waals surface area contributed by atoms with Gasteiger partial charge in [0.15, 0.2) is 12.4 Å². The molecule has 2 atom stereocenters. The van der Waals surface area contributed by atoms with E-state index in [1.54, 1.807) is 6.08 Å². The number of rotatable bonds is 56. The van der Waals surface area contributed by atoms with Crippen LogP contribution in [0.2, 0.25) is 0 Å². The van der Waals surface area contributed by atoms with E-state index in [-0.39, 0.29) is 32.7 Å². The fourth-order valence-electron chi connectivity index (χ4n) is 8.04. The first-order valence-corrected chi connectivity index (χ1v) is 31.6. The Morgan fingerprint density at radius 3 is 1.05 bits per heavy atom. The predicted octanol–water partition coefficient (Wildman–Crippen LogP) is 18.0. The van der Waals surface area contributed by atoms with E-state index >= 15 is 0 Å². The summed E-state index contributed by atoms with van der Waals surface area (Å²) < 4.78 is 22.5. The highest BCUT2D eigenvalue weighted by atomic mass is 16.7. The van der Waals surface area contributed by atoms with Crippen molar-refractivity contribution < 1.29 is 42.9 Å². The number of quaternary nitrogens is 1. The van der Waals surface area contributed by atoms with Crippen LogP contribution in [-0.4, -0.2) is 82.3 Å². The fourth-order valence-corrected chi connectivity index (χ4v) is 8.04. The number of ether oxygens (including phenoxy) is 4. The molecular weight excluding hydrogens is 1010 g/mol. The summed E-state index contributed by atoms with van der Waals surface area (Å²) in [6.45, 7) is 4.38. The summed E-state index contributed by atoms with van der Waals surface area (Å²) in [5.74, 6) is -2.46. The number of hydrogen-bond acceptors (Lipinski definition) is 8. The largest absolute Gasteiger partial charge is 0.545 e. The topological polar surface area (TPSA) is 111 Å². The minimum Gasteiger partial charge on any atom is -0.545 e. The SMILES string of the molecule is CC/C=C\C/C=C\C/C=C\C/C=C\C/C=C\C/C=C\C/C=C\C/C=C\CCCCCCCCCCCCCCCCCCC(=O)OC(COC(=O)C/C=C\C/C=C\C/C=C\C/C=C\C/C=C\CC)COC(OCC[N+](C)(C)C)C(=O)[O-]. The number of carbonyl (C=O) groups is 3. The molecule has 0 aromatic heterocycles. The van der Waals surface area contributed by atoms with Crippen LogP contribution >= 0.6 is 0 Å². The molecule has 0 aliphatic carbocycles. The quantitative estimate of drug-likeness (QED) is 0.0195. The number of unbranched alkanes of at least 4 members (excludes halogenated alkanes) is 16. The third-order valence-electron chi connectivity index (χ3n) is 12.8. The lowest BCUT2D eigenvalue weighted by molar-refractivity contribution is -0.870. The number of aliphatic carboxylic acids is 1. The zero-order valence-corrected chi connectivity index (χ0v) is 51.8. The molecule has 81 heavy (non-hydrogen) atoms. The summed E-state index contributed by atoms with van der Waals surface area (Å²) in [6.07, 6.45) is 87.8. The summed E-state index contributed by atoms with van der Waals surface area (Å²) >= 11 is 0. The van der Waals surface area contributed by atoms with Crippen LogP contribution in [0.1, 0.15) is 219 Å². The van der Waals surface area contributed by atoms with Crippen molar-refractivity contribution in [3.8, 4) is 0 Å². The minimum atomic E-state index is -1.65. The van der Waals surface area contributed by atoms with Crippen molar-refractivity contribution in [1.82, 2.24) is 0 Å². The van der Waals surface area contributed by atoms with Crippen molar-refractivity contribution in [2.45, 2.75) is 232 Å². The van der Waals surface area contributed by atoms with Gasteiger partial charge in [-0.2, -0.15) is 0 Å². The Balaban J connectivity index is 4.11. The molecule has 0 aliphatic heterocycles. The molecule has 0 amide bonds. The maximum atomic E-state index is 12.9. The average molecular weight is 1120 g/mol. The number of likely N-dealkylation sites (N-methyl/N-ethyl adjacent to an activating group) is 1. The van der Waals surface area contributed by atoms with Gasteiger partial charge in [-0.25, -0.2) is 0 Å². The van der Waals surface area contributed by atoms with E-state index in [1.165, 1.54) is 83.5 Å². The zero-order chi connectivity index (χ0) is 59.1. The summed E-state index contributed by atoms with van der Waals surface area (Å²) in [5.41, 5.74) is 0. The van der Waals surface area contributed by atoms with Gasteiger partial charge < -0.3 is 33.3 Å². The number of esters is 2. The Kier molecular flexibility index (Phi) is 57.2. The summed E-state index contributed by atoms with van der Waals surface area (Å²) in [7, 11) is 5.89. The van der Waals surface area contributed by atoms with Crippen LogP contribution in [0, 0.1) is 0 Å². The number of hydrogen-bond donors (Lipinski definition) is 0. The van der Waals surface area contributed by atoms with Crippen LogP contribution in [0.15, 0.2) is 158 Å². The predicted molar refractivity (Wildman–Crippen MR) is 342 cm³/mol. The molecule has 0 rings (SSSR count). The first-order chi connectivity index (χ1) is 39.6. The van der Waals surface area contributed by atoms with Crippen LogP contribution in [0.3, 0.4) is 0 Å². The summed E-state index contributed by atoms with van der Waals surface area (Å²) in [6, 6.07) is 0. The molecule has 0 saturated carbocycles. The highest BCUT2D eigenvalue weighted by Gasteiger charge is 2.21. The van der Waals surface area contributed by atoms with Crippen molar-refractivity contribution in [1.29, 1.82) is 0 Å². The first kappa shape index (κ1) is 75.9. The van der Waals surface area contributed by atoms with Crippen molar-refractivity contribution >= 4 is 17.9 Å². The van der Waals surface area contributed by atoms with Gasteiger partial charge in [0, 0.05) is 6.42 Å². The smallest absolute Gasteiger partial charge is 0.309 e. The molecular formula is C72H115NO8. The molecule has 2 unspecified atom stereocenters. The van der Waals surface area contributed by atoms with Crippen LogP contribution in [0.5, 0.6) is 0 Å². The van der Waals surface area contributed by atoms with E-state index in [2.05, 4.69) is 154 Å². The summed E-state index contributed by atoms with van der Waals surface area (Å²) in [5, 5.41) is 11.8. The minimum absolute atomic E-state index is 0.0537. The van der Waals surface area contributed by atoms with Gasteiger partial charge >= 0.3 is 11.9 Å². The molecule has 0 bridgehead atoms. The monoisotopic (exact) mass is 1120 g/mol. The standard InChI is InChI=1S/C72H115NO8/c1-6-8-10-12-14-16-18-20-22-23-24-25-26-27-28-29-30-31-32-33-34-35-36-37-38-39-40-41-42-43-44-45-46-47-49-51-53-55-57-59-61-63-70(75)81-68(67-80-72(71(76)77)78-65-64-73(3,4)5)66-79-69(74)62-60-58-56-54-52-50-48-21-19-17-15-13-11-9-7-2/h8-11,14-17,20-22,24-25,27-28,30-31,33-34,36-37,48,52,54,58,60,68,72H,6-7,12-13,18-19,23,26,29,32,35,38-47,49-51,53,55-57,59,61-67H2,1-5H3/b10-8-,11-9-,16-14-,17-15-,22-20-,25-24-,28-27-,31-30-,34-33-,37-36-,48-21-,54-52-,60-58-. The average Bonchev–Trinajstić information content (AvgIpc) is 3.44. The molecule has 0 aliphatic rings. The third-order valence-corrected chi connectivity index (χ3v) is 12.8. The van der Waals surface area contributed by atoms with Crippen molar-refractivity contribution in [3.05, 3.63) is 158 Å². The van der Waals surface area contributed by atoms with Crippen molar-refractivity contribution in [2.75, 3.05) is 47.5 Å². The number of carbonyl (C=O) groups excluding carboxylic acids is 3. The van der Waals surface area contributed by atoms with Gasteiger partial charge in [-0.05, 0) is 103 Å². The number of carboxylic acids is 1. The highest BCUT2D eigenvalue weighted by molar-refractivity contribution is 5.71. The van der Waals surface area contributed by atoms with E-state index in [4.69, 9.17) is 18.9 Å². The van der Waals surface area contributed by atoms with Gasteiger partial charge in [-0.15, -0.1) is 0 Å². The molecule has 0 aromatic rings. The van der Waals surface area contributed by atoms with Gasteiger partial charge in [-0.3, -0.25) is 9.59 Å². The lowest BCUT2D eigenvalue weighted by Crippen LogP contribution is -2.44. The Morgan fingerprint density at radius 1 is 0.383 bits per heavy atom. The highest BCUT2D eigenvalue weighted by Crippen LogP contribution is 2.16. The van der Waals surface area contributed by atoms with Crippen molar-refractivity contribution in [3.63, 3.8) is 0 Å². The number of carboxylic acid groups (broad SMARTS) is 1. The first-order valence-electron chi connectivity index (χ1n) is 31.6. The molecule has 0 heterocycles. The molecule has 0 fully saturated rings. The van der Waals surface area contributed by atoms with Crippen LogP contribution in [-0.2, 0) is 33.3 Å². The Hall–Kier alpha value is -5.09. The molecule has 0 spiro atoms. The van der Waals surface area contributed by atoms with Gasteiger partial charge in [0.25, 0.3) is 0 Å². The van der Waals surface area contributed by atoms with E-state index in [9.17, 15) is 19.5 Å². The maximum Gasteiger partial charge on any atom is 0.309 e. The molecule has 0 saturated heterocycles. The second-order valence-electron chi connectivity index (χ2n) is 21.6. The Bertz CT molecular complexity index is 1880. The number of allylic oxidation sites excluding steroid dienone is 25. The normalized spacial score (nSPS) is 13.8. The molecule has 0 N–H and O–H groups in total. The molecule has 456 valence electrons. The van der Waals surface area contributed by atoms with E-state index in [0.717, 1.165) is 96.3 Å². The summed E-state index contributed by atoms with van der Waals surface area (Å²) in [4.78, 5) is 37.2. The maximum absolute atomic E-state index is 12.9. The van der Waals surface area contributed by atoms with Gasteiger partial charge in [0.05, 0.1) is 46.7 Å². The van der Waals surface area contributed by atoms with Crippen LogP contribution in [0.4, 0.5) is 0 Å². The van der Waals surface area contributed by atoms with E-state index in [0.29, 0.717) is 23.9 Å². The van der Waals surface area contributed by atoms with Gasteiger partial charge in [0.1, 0.15) is 13.2 Å². The van der Waals surface area contributed by atoms with Gasteiger partial charge in [0.2, 0.25) is 0 Å². The second-order valence-corrected chi connectivity index (χ2v) is 21.6. The van der Waals surface area contributed by atoms with E-state index < -0.39 is 30.3 Å². The Labute approximate surface area is 495 Å². The molecule has 9 heteroatoms. The lowest BCUT2D eigenvalue weighted by atomic mass is 10.0. The third kappa shape index (κ3) is 62.4. The molecule has 0 aromatic carbocycles. The van der Waals surface area contributed by atoms with Crippen molar-refractivity contribution in [2.24, 2.45) is 0 Å². The second kappa shape index (κ2) is 61.0. The lowest BCUT2D eigenvalue weighted by Gasteiger charge is -2.26. The fraction of sp³-hybridized carbons (Fsp3) is 0.597. The van der Waals surface area contributed by atoms with Crippen LogP contribution in [0.25, 0.3) is 0 Å². The molecule has 0 radical (unpaired) electrons. The Morgan fingerprint density at radius 2 is 0.704 bits per heavy atom. The zero-order valence-electron chi connectivity index (χ0n) is 51.8. The van der Waals surface area contributed by atoms with Crippen LogP contribution < -0.4 is 5.11 Å². The van der Waals surface area contributed by atoms with E-state index in [1.807, 2.05) is 33.3 Å².